The van der Waals surface area contributed by atoms with Crippen molar-refractivity contribution in [3.8, 4) is 5.75 Å². The molecule has 4 nitrogen and oxygen atoms in total. The van der Waals surface area contributed by atoms with Crippen LogP contribution in [0.1, 0.15) is 16.7 Å². The average Bonchev–Trinajstić information content (AvgIpc) is 2.61. The molecule has 0 radical (unpaired) electrons. The molecule has 0 saturated carbocycles. The maximum atomic E-state index is 10.4. The van der Waals surface area contributed by atoms with E-state index in [9.17, 15) is 5.11 Å². The maximum absolute atomic E-state index is 10.4. The van der Waals surface area contributed by atoms with Crippen LogP contribution in [0.5, 0.6) is 5.75 Å². The molecule has 2 aromatic carbocycles. The Morgan fingerprint density at radius 2 is 1.96 bits per heavy atom. The van der Waals surface area contributed by atoms with Crippen molar-refractivity contribution in [1.82, 2.24) is 5.32 Å². The van der Waals surface area contributed by atoms with Crippen molar-refractivity contribution in [2.75, 3.05) is 31.1 Å². The predicted molar refractivity (Wildman–Crippen MR) is 97.2 cm³/mol. The zero-order valence-corrected chi connectivity index (χ0v) is 13.8. The molecule has 24 heavy (non-hydrogen) atoms. The second-order valence-electron chi connectivity index (χ2n) is 6.40. The lowest BCUT2D eigenvalue weighted by atomic mass is 9.98. The largest absolute Gasteiger partial charge is 0.460 e. The number of benzene rings is 2. The van der Waals surface area contributed by atoms with E-state index in [1.165, 1.54) is 5.56 Å². The van der Waals surface area contributed by atoms with Crippen molar-refractivity contribution < 1.29 is 9.84 Å². The highest BCUT2D eigenvalue weighted by Crippen LogP contribution is 2.36. The fourth-order valence-electron chi connectivity index (χ4n) is 3.34. The van der Waals surface area contributed by atoms with Crippen LogP contribution in [-0.2, 0) is 0 Å². The first-order valence-corrected chi connectivity index (χ1v) is 8.44. The first-order chi connectivity index (χ1) is 11.7. The third-order valence-corrected chi connectivity index (χ3v) is 4.65. The Labute approximate surface area is 142 Å². The maximum Gasteiger partial charge on any atom is 0.224 e. The Morgan fingerprint density at radius 3 is 2.75 bits per heavy atom. The Kier molecular flexibility index (Phi) is 4.00. The van der Waals surface area contributed by atoms with Gasteiger partial charge >= 0.3 is 0 Å². The second kappa shape index (κ2) is 6.30. The number of aliphatic hydroxyl groups excluding tert-OH is 1. The number of nitrogens with zero attached hydrogens (tertiary/aromatic N) is 1. The molecule has 0 aromatic heterocycles. The lowest BCUT2D eigenvalue weighted by Gasteiger charge is -2.31. The molecule has 2 aliphatic rings. The van der Waals surface area contributed by atoms with Crippen LogP contribution in [0.3, 0.4) is 0 Å². The monoisotopic (exact) mass is 322 g/mol. The summed E-state index contributed by atoms with van der Waals surface area (Å²) < 4.78 is 5.82. The van der Waals surface area contributed by atoms with E-state index in [-0.39, 0.29) is 0 Å². The Balaban J connectivity index is 1.67. The van der Waals surface area contributed by atoms with Crippen molar-refractivity contribution >= 4 is 17.3 Å². The van der Waals surface area contributed by atoms with Crippen molar-refractivity contribution in [2.45, 2.75) is 13.2 Å². The van der Waals surface area contributed by atoms with Gasteiger partial charge < -0.3 is 20.1 Å². The van der Waals surface area contributed by atoms with Gasteiger partial charge in [-0.1, -0.05) is 29.8 Å². The number of anilines is 1. The van der Waals surface area contributed by atoms with Gasteiger partial charge in [-0.15, -0.1) is 0 Å². The number of piperazine rings is 1. The predicted octanol–water partition coefficient (Wildman–Crippen LogP) is 2.66. The normalized spacial score (nSPS) is 20.2. The fourth-order valence-corrected chi connectivity index (χ4v) is 3.34. The van der Waals surface area contributed by atoms with Crippen LogP contribution >= 0.6 is 0 Å². The molecule has 0 aliphatic carbocycles. The van der Waals surface area contributed by atoms with Gasteiger partial charge in [-0.05, 0) is 30.7 Å². The van der Waals surface area contributed by atoms with Crippen LogP contribution in [-0.4, -0.2) is 37.6 Å². The van der Waals surface area contributed by atoms with Crippen molar-refractivity contribution in [2.24, 2.45) is 0 Å². The molecule has 4 rings (SSSR count). The van der Waals surface area contributed by atoms with Crippen LogP contribution in [0.4, 0.5) is 5.69 Å². The molecule has 0 bridgehead atoms. The van der Waals surface area contributed by atoms with Crippen LogP contribution in [0.15, 0.2) is 42.5 Å². The molecule has 0 spiro atoms. The number of aryl methyl sites for hydroxylation is 1. The molecule has 2 N–H and O–H groups in total. The molecule has 1 atom stereocenters. The molecule has 124 valence electrons. The number of nitrogens with one attached hydrogen (secondary N) is 1. The minimum atomic E-state index is -0.933. The molecular formula is C20H22N2O2. The summed E-state index contributed by atoms with van der Waals surface area (Å²) >= 11 is 0. The first-order valence-electron chi connectivity index (χ1n) is 8.44. The number of hydrogen-bond acceptors (Lipinski definition) is 4. The quantitative estimate of drug-likeness (QED) is 0.892. The minimum Gasteiger partial charge on any atom is -0.460 e. The van der Waals surface area contributed by atoms with Gasteiger partial charge in [-0.3, -0.25) is 0 Å². The highest BCUT2D eigenvalue weighted by molar-refractivity contribution is 5.87. The van der Waals surface area contributed by atoms with E-state index in [1.807, 2.05) is 37.3 Å². The van der Waals surface area contributed by atoms with Gasteiger partial charge in [0, 0.05) is 49.1 Å². The van der Waals surface area contributed by atoms with E-state index >= 15 is 0 Å². The zero-order valence-electron chi connectivity index (χ0n) is 13.8. The summed E-state index contributed by atoms with van der Waals surface area (Å²) in [4.78, 5) is 2.34. The fraction of sp³-hybridized carbons (Fsp3) is 0.300. The van der Waals surface area contributed by atoms with Gasteiger partial charge in [-0.25, -0.2) is 0 Å². The average molecular weight is 322 g/mol. The van der Waals surface area contributed by atoms with E-state index < -0.39 is 6.29 Å². The van der Waals surface area contributed by atoms with Crippen molar-refractivity contribution in [3.05, 3.63) is 59.2 Å². The SMILES string of the molecule is Cc1cccc(C2=Cc3ccc(N4CCNCC4)cc3OC2O)c1. The molecule has 2 aromatic rings. The standard InChI is InChI=1S/C20H22N2O2/c1-14-3-2-4-15(11-14)18-12-16-5-6-17(13-19(16)24-20(18)23)22-9-7-21-8-10-22/h2-6,11-13,20-21,23H,7-10H2,1H3. The first kappa shape index (κ1) is 15.2. The second-order valence-corrected chi connectivity index (χ2v) is 6.40. The van der Waals surface area contributed by atoms with Gasteiger partial charge in [0.2, 0.25) is 6.29 Å². The van der Waals surface area contributed by atoms with Crippen LogP contribution in [0.25, 0.3) is 11.6 Å². The summed E-state index contributed by atoms with van der Waals surface area (Å²) in [6, 6.07) is 14.4. The topological polar surface area (TPSA) is 44.7 Å². The van der Waals surface area contributed by atoms with E-state index in [0.29, 0.717) is 0 Å². The van der Waals surface area contributed by atoms with Crippen molar-refractivity contribution in [3.63, 3.8) is 0 Å². The van der Waals surface area contributed by atoms with Crippen molar-refractivity contribution in [1.29, 1.82) is 0 Å². The lowest BCUT2D eigenvalue weighted by molar-refractivity contribution is 0.0320. The van der Waals surface area contributed by atoms with E-state index in [0.717, 1.165) is 54.3 Å². The molecule has 1 fully saturated rings. The number of hydrogen-bond donors (Lipinski definition) is 2. The number of aliphatic hydroxyl groups is 1. The van der Waals surface area contributed by atoms with E-state index in [2.05, 4.69) is 28.4 Å². The lowest BCUT2D eigenvalue weighted by Crippen LogP contribution is -2.43. The summed E-state index contributed by atoms with van der Waals surface area (Å²) in [6.45, 7) is 6.03. The van der Waals surface area contributed by atoms with Crippen LogP contribution in [0.2, 0.25) is 0 Å². The van der Waals surface area contributed by atoms with E-state index in [4.69, 9.17) is 4.74 Å². The number of ether oxygens (including phenoxy) is 1. The zero-order chi connectivity index (χ0) is 16.5. The number of rotatable bonds is 2. The Hall–Kier alpha value is -2.30. The summed E-state index contributed by atoms with van der Waals surface area (Å²) in [7, 11) is 0. The van der Waals surface area contributed by atoms with E-state index in [1.54, 1.807) is 0 Å². The molecule has 0 amide bonds. The molecule has 1 unspecified atom stereocenters. The summed E-state index contributed by atoms with van der Waals surface area (Å²) in [5.74, 6) is 0.745. The number of fused-ring (bicyclic) bond motifs is 1. The minimum absolute atomic E-state index is 0.745. The van der Waals surface area contributed by atoms with Gasteiger partial charge in [0.05, 0.1) is 0 Å². The molecular weight excluding hydrogens is 300 g/mol. The Bertz CT molecular complexity index is 779. The van der Waals surface area contributed by atoms with Gasteiger partial charge in [0.25, 0.3) is 0 Å². The van der Waals surface area contributed by atoms with Gasteiger partial charge in [-0.2, -0.15) is 0 Å². The molecule has 2 heterocycles. The summed E-state index contributed by atoms with van der Waals surface area (Å²) in [5, 5.41) is 13.8. The smallest absolute Gasteiger partial charge is 0.224 e. The van der Waals surface area contributed by atoms with Crippen LogP contribution < -0.4 is 15.0 Å². The Morgan fingerprint density at radius 1 is 1.12 bits per heavy atom. The van der Waals surface area contributed by atoms with Gasteiger partial charge in [0.1, 0.15) is 5.75 Å². The molecule has 1 saturated heterocycles. The highest BCUT2D eigenvalue weighted by Gasteiger charge is 2.23. The summed E-state index contributed by atoms with van der Waals surface area (Å²) in [5.41, 5.74) is 5.13. The van der Waals surface area contributed by atoms with Gasteiger partial charge in [0.15, 0.2) is 0 Å². The third-order valence-electron chi connectivity index (χ3n) is 4.65. The summed E-state index contributed by atoms with van der Waals surface area (Å²) in [6.07, 6.45) is 1.09. The van der Waals surface area contributed by atoms with Crippen LogP contribution in [0, 0.1) is 6.92 Å². The molecule has 2 aliphatic heterocycles. The highest BCUT2D eigenvalue weighted by atomic mass is 16.6. The molecule has 4 heteroatoms. The third kappa shape index (κ3) is 2.90.